The minimum atomic E-state index is -0.459. The van der Waals surface area contributed by atoms with Gasteiger partial charge in [0.15, 0.2) is 5.69 Å². The lowest BCUT2D eigenvalue weighted by atomic mass is 9.81. The van der Waals surface area contributed by atoms with Crippen LogP contribution >= 0.6 is 0 Å². The van der Waals surface area contributed by atoms with Crippen LogP contribution in [0.5, 0.6) is 5.75 Å². The number of carbonyl (C=O) groups excluding carboxylic acids is 1. The van der Waals surface area contributed by atoms with Crippen molar-refractivity contribution in [3.63, 3.8) is 0 Å². The second-order valence-corrected chi connectivity index (χ2v) is 8.54. The second kappa shape index (κ2) is 6.44. The highest BCUT2D eigenvalue weighted by Crippen LogP contribution is 2.49. The molecule has 4 heterocycles. The molecule has 0 saturated carbocycles. The fraction of sp³-hybridized carbons (Fsp3) is 0.292. The van der Waals surface area contributed by atoms with E-state index in [0.717, 1.165) is 39.0 Å². The highest BCUT2D eigenvalue weighted by molar-refractivity contribution is 6.04. The first kappa shape index (κ1) is 18.2. The Morgan fingerprint density at radius 3 is 2.81 bits per heavy atom. The van der Waals surface area contributed by atoms with E-state index in [0.29, 0.717) is 31.6 Å². The molecule has 1 fully saturated rings. The van der Waals surface area contributed by atoms with Crippen molar-refractivity contribution < 1.29 is 9.53 Å². The second-order valence-electron chi connectivity index (χ2n) is 8.54. The maximum atomic E-state index is 13.3. The smallest absolute Gasteiger partial charge is 0.274 e. The van der Waals surface area contributed by atoms with Crippen LogP contribution in [0.1, 0.15) is 34.5 Å². The van der Waals surface area contributed by atoms with Gasteiger partial charge in [0.25, 0.3) is 5.91 Å². The number of H-pyrrole nitrogens is 1. The van der Waals surface area contributed by atoms with Crippen molar-refractivity contribution in [1.82, 2.24) is 24.9 Å². The van der Waals surface area contributed by atoms with Gasteiger partial charge in [-0.25, -0.2) is 0 Å². The van der Waals surface area contributed by atoms with Crippen molar-refractivity contribution in [1.29, 1.82) is 0 Å². The maximum Gasteiger partial charge on any atom is 0.274 e. The van der Waals surface area contributed by atoms with E-state index in [1.165, 1.54) is 0 Å². The number of likely N-dealkylation sites (tertiary alicyclic amines) is 1. The van der Waals surface area contributed by atoms with Gasteiger partial charge in [-0.05, 0) is 31.2 Å². The molecule has 1 spiro atoms. The Labute approximate surface area is 179 Å². The van der Waals surface area contributed by atoms with Gasteiger partial charge in [0, 0.05) is 49.5 Å². The van der Waals surface area contributed by atoms with E-state index < -0.39 is 5.60 Å². The standard InChI is InChI=1S/C24H23N5O2/c1-15-7-8-19-17(13-15)21(27-26-19)23(30)29-11-9-24(10-12-29)18-14-25-28(2)22(18)16-5-3-4-6-20(16)31-24/h3-8,13-14H,9-12H2,1-2H3,(H,26,27). The normalized spacial score (nSPS) is 16.8. The Hall–Kier alpha value is -3.61. The highest BCUT2D eigenvalue weighted by atomic mass is 16.5. The van der Waals surface area contributed by atoms with Crippen LogP contribution in [0, 0.1) is 6.92 Å². The van der Waals surface area contributed by atoms with Crippen LogP contribution in [-0.4, -0.2) is 43.9 Å². The summed E-state index contributed by atoms with van der Waals surface area (Å²) in [6.45, 7) is 3.24. The number of aromatic nitrogens is 4. The van der Waals surface area contributed by atoms with E-state index in [2.05, 4.69) is 21.4 Å². The van der Waals surface area contributed by atoms with E-state index in [1.807, 2.05) is 66.1 Å². The quantitative estimate of drug-likeness (QED) is 0.515. The molecule has 1 N–H and O–H groups in total. The van der Waals surface area contributed by atoms with Crippen LogP contribution in [0.3, 0.4) is 0 Å². The fourth-order valence-corrected chi connectivity index (χ4v) is 4.99. The molecule has 2 aromatic heterocycles. The predicted octanol–water partition coefficient (Wildman–Crippen LogP) is 3.80. The number of nitrogens with one attached hydrogen (secondary N) is 1. The van der Waals surface area contributed by atoms with Crippen molar-refractivity contribution in [2.75, 3.05) is 13.1 Å². The van der Waals surface area contributed by atoms with Gasteiger partial charge in [0.05, 0.1) is 17.4 Å². The zero-order valence-electron chi connectivity index (χ0n) is 17.6. The molecule has 2 aliphatic rings. The number of nitrogens with zero attached hydrogens (tertiary/aromatic N) is 4. The van der Waals surface area contributed by atoms with E-state index in [4.69, 9.17) is 4.74 Å². The summed E-state index contributed by atoms with van der Waals surface area (Å²) in [6, 6.07) is 14.1. The van der Waals surface area contributed by atoms with E-state index in [9.17, 15) is 4.79 Å². The molecule has 0 atom stereocenters. The van der Waals surface area contributed by atoms with Crippen LogP contribution in [0.15, 0.2) is 48.7 Å². The van der Waals surface area contributed by atoms with Crippen molar-refractivity contribution in [2.24, 2.45) is 7.05 Å². The minimum Gasteiger partial charge on any atom is -0.482 e. The highest BCUT2D eigenvalue weighted by Gasteiger charge is 2.46. The predicted molar refractivity (Wildman–Crippen MR) is 117 cm³/mol. The van der Waals surface area contributed by atoms with Crippen molar-refractivity contribution in [3.8, 4) is 17.0 Å². The number of amides is 1. The molecule has 156 valence electrons. The molecule has 4 aromatic rings. The zero-order valence-corrected chi connectivity index (χ0v) is 17.6. The number of benzene rings is 2. The van der Waals surface area contributed by atoms with E-state index >= 15 is 0 Å². The maximum absolute atomic E-state index is 13.3. The summed E-state index contributed by atoms with van der Waals surface area (Å²) in [5, 5.41) is 12.7. The number of rotatable bonds is 1. The summed E-state index contributed by atoms with van der Waals surface area (Å²) in [4.78, 5) is 15.2. The molecule has 1 saturated heterocycles. The average molecular weight is 413 g/mol. The Morgan fingerprint density at radius 1 is 1.16 bits per heavy atom. The monoisotopic (exact) mass is 413 g/mol. The summed E-state index contributed by atoms with van der Waals surface area (Å²) >= 11 is 0. The summed E-state index contributed by atoms with van der Waals surface area (Å²) in [5.41, 5.74) is 5.32. The number of piperidine rings is 1. The number of para-hydroxylation sites is 1. The molecular weight excluding hydrogens is 390 g/mol. The lowest BCUT2D eigenvalue weighted by Gasteiger charge is -2.44. The van der Waals surface area contributed by atoms with Crippen molar-refractivity contribution >= 4 is 16.8 Å². The fourth-order valence-electron chi connectivity index (χ4n) is 4.99. The molecule has 0 bridgehead atoms. The zero-order chi connectivity index (χ0) is 21.2. The van der Waals surface area contributed by atoms with Gasteiger partial charge in [-0.15, -0.1) is 0 Å². The molecule has 2 aliphatic heterocycles. The molecule has 1 amide bonds. The van der Waals surface area contributed by atoms with Gasteiger partial charge in [-0.1, -0.05) is 23.8 Å². The topological polar surface area (TPSA) is 76.0 Å². The molecule has 2 aromatic carbocycles. The summed E-state index contributed by atoms with van der Waals surface area (Å²) in [6.07, 6.45) is 3.35. The van der Waals surface area contributed by atoms with Crippen LogP contribution in [0.2, 0.25) is 0 Å². The van der Waals surface area contributed by atoms with Crippen molar-refractivity contribution in [2.45, 2.75) is 25.4 Å². The van der Waals surface area contributed by atoms with Gasteiger partial charge in [-0.3, -0.25) is 14.6 Å². The molecule has 0 unspecified atom stereocenters. The summed E-state index contributed by atoms with van der Waals surface area (Å²) in [7, 11) is 1.97. The Morgan fingerprint density at radius 2 is 1.97 bits per heavy atom. The number of hydrogen-bond donors (Lipinski definition) is 1. The van der Waals surface area contributed by atoms with Crippen molar-refractivity contribution in [3.05, 3.63) is 65.5 Å². The van der Waals surface area contributed by atoms with Gasteiger partial charge in [0.1, 0.15) is 11.4 Å². The number of aromatic amines is 1. The van der Waals surface area contributed by atoms with E-state index in [-0.39, 0.29) is 5.91 Å². The lowest BCUT2D eigenvalue weighted by molar-refractivity contribution is -0.00183. The number of hydrogen-bond acceptors (Lipinski definition) is 4. The van der Waals surface area contributed by atoms with Crippen LogP contribution in [0.4, 0.5) is 0 Å². The molecule has 6 rings (SSSR count). The van der Waals surface area contributed by atoms with Gasteiger partial charge in [0.2, 0.25) is 0 Å². The molecule has 31 heavy (non-hydrogen) atoms. The molecular formula is C24H23N5O2. The molecule has 0 radical (unpaired) electrons. The third-order valence-corrected chi connectivity index (χ3v) is 6.66. The SMILES string of the molecule is Cc1ccc2[nH]nc(C(=O)N3CCC4(CC3)Oc3ccccc3-c3c4cnn3C)c2c1. The average Bonchev–Trinajstić information content (AvgIpc) is 3.38. The Balaban J connectivity index is 1.31. The number of carbonyl (C=O) groups is 1. The minimum absolute atomic E-state index is 0.0330. The van der Waals surface area contributed by atoms with Gasteiger partial charge >= 0.3 is 0 Å². The van der Waals surface area contributed by atoms with Gasteiger partial charge < -0.3 is 9.64 Å². The molecule has 7 heteroatoms. The number of aryl methyl sites for hydroxylation is 2. The molecule has 0 aliphatic carbocycles. The first-order valence-electron chi connectivity index (χ1n) is 10.6. The van der Waals surface area contributed by atoms with Crippen LogP contribution < -0.4 is 4.74 Å². The molecule has 7 nitrogen and oxygen atoms in total. The summed E-state index contributed by atoms with van der Waals surface area (Å²) < 4.78 is 8.52. The Kier molecular flexibility index (Phi) is 3.78. The third kappa shape index (κ3) is 2.62. The number of ether oxygens (including phenoxy) is 1. The van der Waals surface area contributed by atoms with Crippen LogP contribution in [-0.2, 0) is 12.6 Å². The van der Waals surface area contributed by atoms with Crippen LogP contribution in [0.25, 0.3) is 22.2 Å². The largest absolute Gasteiger partial charge is 0.482 e. The Bertz CT molecular complexity index is 1330. The first-order chi connectivity index (χ1) is 15.1. The van der Waals surface area contributed by atoms with E-state index in [1.54, 1.807) is 0 Å². The lowest BCUT2D eigenvalue weighted by Crippen LogP contribution is -2.49. The number of fused-ring (bicyclic) bond motifs is 5. The summed E-state index contributed by atoms with van der Waals surface area (Å²) in [5.74, 6) is 0.849. The third-order valence-electron chi connectivity index (χ3n) is 6.66. The first-order valence-corrected chi connectivity index (χ1v) is 10.6. The van der Waals surface area contributed by atoms with Gasteiger partial charge in [-0.2, -0.15) is 10.2 Å².